The minimum absolute atomic E-state index is 0.0108. The maximum absolute atomic E-state index is 12.4. The number of allylic oxidation sites excluding steroid dienone is 4. The number of amides is 1. The molecule has 0 aromatic carbocycles. The van der Waals surface area contributed by atoms with Crippen molar-refractivity contribution >= 4 is 11.9 Å². The zero-order valence-electron chi connectivity index (χ0n) is 38.8. The molecule has 0 bridgehead atoms. The molecule has 0 radical (unpaired) electrons. The normalized spacial score (nSPS) is 12.8. The van der Waals surface area contributed by atoms with Crippen molar-refractivity contribution in [2.24, 2.45) is 0 Å². The van der Waals surface area contributed by atoms with Gasteiger partial charge in [-0.15, -0.1) is 0 Å². The highest BCUT2D eigenvalue weighted by atomic mass is 16.5. The van der Waals surface area contributed by atoms with E-state index in [-0.39, 0.29) is 18.5 Å². The van der Waals surface area contributed by atoms with Crippen LogP contribution in [0.3, 0.4) is 0 Å². The number of ether oxygens (including phenoxy) is 1. The van der Waals surface area contributed by atoms with Gasteiger partial charge in [-0.25, -0.2) is 0 Å². The molecule has 342 valence electrons. The van der Waals surface area contributed by atoms with Crippen LogP contribution in [0.1, 0.15) is 271 Å². The maximum Gasteiger partial charge on any atom is 0.305 e. The van der Waals surface area contributed by atoms with Gasteiger partial charge in [0.25, 0.3) is 0 Å². The molecule has 0 spiro atoms. The Morgan fingerprint density at radius 1 is 0.466 bits per heavy atom. The molecule has 0 saturated heterocycles. The summed E-state index contributed by atoms with van der Waals surface area (Å²) in [5.74, 6) is -0.0660. The molecule has 0 aromatic heterocycles. The van der Waals surface area contributed by atoms with E-state index in [1.165, 1.54) is 173 Å². The molecule has 2 unspecified atom stereocenters. The first-order valence-electron chi connectivity index (χ1n) is 25.6. The largest absolute Gasteiger partial charge is 0.466 e. The number of hydrogen-bond donors (Lipinski definition) is 3. The number of aliphatic hydroxyl groups is 2. The fourth-order valence-corrected chi connectivity index (χ4v) is 7.74. The van der Waals surface area contributed by atoms with Crippen LogP contribution in [0.4, 0.5) is 0 Å². The number of carbonyl (C=O) groups is 2. The number of rotatable bonds is 47. The third kappa shape index (κ3) is 43.9. The van der Waals surface area contributed by atoms with E-state index in [2.05, 4.69) is 43.5 Å². The first-order valence-corrected chi connectivity index (χ1v) is 25.6. The van der Waals surface area contributed by atoms with E-state index in [1.54, 1.807) is 0 Å². The molecular weight excluding hydrogens is 719 g/mol. The standard InChI is InChI=1S/C52H99NO5/c1-3-5-7-9-11-13-14-15-16-20-23-26-30-34-38-42-46-52(57)58-47-43-39-35-31-27-24-21-18-17-19-22-25-29-33-37-41-45-51(56)53-49(48-54)50(55)44-40-36-32-28-12-10-8-6-4-2/h16-17,19-20,49-50,54-55H,3-15,18,21-48H2,1-2H3,(H,53,56)/b19-17-,20-16-. The van der Waals surface area contributed by atoms with E-state index < -0.39 is 12.1 Å². The first kappa shape index (κ1) is 56.3. The number of carbonyl (C=O) groups excluding carboxylic acids is 2. The van der Waals surface area contributed by atoms with Gasteiger partial charge in [-0.2, -0.15) is 0 Å². The molecule has 0 aliphatic heterocycles. The smallest absolute Gasteiger partial charge is 0.305 e. The zero-order chi connectivity index (χ0) is 42.3. The van der Waals surface area contributed by atoms with E-state index in [0.717, 1.165) is 64.2 Å². The van der Waals surface area contributed by atoms with Crippen LogP contribution in [0, 0.1) is 0 Å². The van der Waals surface area contributed by atoms with Crippen molar-refractivity contribution in [1.29, 1.82) is 0 Å². The van der Waals surface area contributed by atoms with Crippen molar-refractivity contribution in [3.63, 3.8) is 0 Å². The van der Waals surface area contributed by atoms with Gasteiger partial charge in [-0.3, -0.25) is 9.59 Å². The summed E-state index contributed by atoms with van der Waals surface area (Å²) >= 11 is 0. The number of unbranched alkanes of at least 4 members (excludes halogenated alkanes) is 32. The minimum atomic E-state index is -0.672. The summed E-state index contributed by atoms with van der Waals surface area (Å²) in [5.41, 5.74) is 0. The maximum atomic E-state index is 12.4. The molecule has 0 saturated carbocycles. The van der Waals surface area contributed by atoms with Crippen LogP contribution in [0.5, 0.6) is 0 Å². The quantitative estimate of drug-likeness (QED) is 0.0323. The molecule has 0 aromatic rings. The van der Waals surface area contributed by atoms with Gasteiger partial charge in [0.1, 0.15) is 0 Å². The Kier molecular flexibility index (Phi) is 46.6. The van der Waals surface area contributed by atoms with E-state index in [0.29, 0.717) is 25.9 Å². The number of aliphatic hydroxyl groups excluding tert-OH is 2. The van der Waals surface area contributed by atoms with E-state index in [9.17, 15) is 19.8 Å². The molecule has 3 N–H and O–H groups in total. The zero-order valence-corrected chi connectivity index (χ0v) is 38.8. The van der Waals surface area contributed by atoms with Gasteiger partial charge < -0.3 is 20.3 Å². The molecule has 0 aliphatic rings. The van der Waals surface area contributed by atoms with Gasteiger partial charge >= 0.3 is 5.97 Å². The molecule has 1 amide bonds. The minimum Gasteiger partial charge on any atom is -0.466 e. The average Bonchev–Trinajstić information content (AvgIpc) is 3.22. The topological polar surface area (TPSA) is 95.9 Å². The van der Waals surface area contributed by atoms with Gasteiger partial charge in [-0.05, 0) is 77.0 Å². The Bertz CT molecular complexity index is 904. The van der Waals surface area contributed by atoms with Crippen LogP contribution >= 0.6 is 0 Å². The van der Waals surface area contributed by atoms with Gasteiger partial charge in [0.05, 0.1) is 25.4 Å². The summed E-state index contributed by atoms with van der Waals surface area (Å²) in [6.45, 7) is 4.90. The molecule has 0 fully saturated rings. The summed E-state index contributed by atoms with van der Waals surface area (Å²) in [5, 5.41) is 23.0. The van der Waals surface area contributed by atoms with Crippen molar-refractivity contribution in [2.45, 2.75) is 283 Å². The Balaban J connectivity index is 3.44. The van der Waals surface area contributed by atoms with Crippen LogP contribution in [0.25, 0.3) is 0 Å². The van der Waals surface area contributed by atoms with E-state index >= 15 is 0 Å². The average molecular weight is 818 g/mol. The lowest BCUT2D eigenvalue weighted by Crippen LogP contribution is -2.45. The fourth-order valence-electron chi connectivity index (χ4n) is 7.74. The summed E-state index contributed by atoms with van der Waals surface area (Å²) in [6.07, 6.45) is 55.8. The van der Waals surface area contributed by atoms with E-state index in [1.807, 2.05) is 0 Å². The lowest BCUT2D eigenvalue weighted by molar-refractivity contribution is -0.143. The molecule has 58 heavy (non-hydrogen) atoms. The monoisotopic (exact) mass is 818 g/mol. The molecule has 0 rings (SSSR count). The van der Waals surface area contributed by atoms with Crippen molar-refractivity contribution in [2.75, 3.05) is 13.2 Å². The Labute approximate surface area is 361 Å². The van der Waals surface area contributed by atoms with Crippen LogP contribution in [0.2, 0.25) is 0 Å². The molecular formula is C52H99NO5. The molecule has 6 nitrogen and oxygen atoms in total. The summed E-state index contributed by atoms with van der Waals surface area (Å²) < 4.78 is 5.46. The van der Waals surface area contributed by atoms with Crippen LogP contribution in [-0.2, 0) is 14.3 Å². The predicted molar refractivity (Wildman–Crippen MR) is 250 cm³/mol. The van der Waals surface area contributed by atoms with Gasteiger partial charge in [-0.1, -0.05) is 205 Å². The van der Waals surface area contributed by atoms with Crippen molar-refractivity contribution < 1.29 is 24.5 Å². The highest BCUT2D eigenvalue weighted by Crippen LogP contribution is 2.15. The molecule has 6 heteroatoms. The molecule has 0 heterocycles. The second kappa shape index (κ2) is 48.0. The molecule has 0 aliphatic carbocycles. The van der Waals surface area contributed by atoms with Crippen LogP contribution in [0.15, 0.2) is 24.3 Å². The predicted octanol–water partition coefficient (Wildman–Crippen LogP) is 15.1. The second-order valence-electron chi connectivity index (χ2n) is 17.5. The SMILES string of the molecule is CCCCCCCCC/C=C\CCCCCCCC(=O)OCCCCCCCCC/C=C\CCCCCCCC(=O)NC(CO)C(O)CCCCCCCCCCC. The third-order valence-electron chi connectivity index (χ3n) is 11.7. The Morgan fingerprint density at radius 2 is 0.810 bits per heavy atom. The molecule has 2 atom stereocenters. The number of nitrogens with one attached hydrogen (secondary N) is 1. The Hall–Kier alpha value is -1.66. The van der Waals surface area contributed by atoms with Crippen molar-refractivity contribution in [3.05, 3.63) is 24.3 Å². The number of hydrogen-bond acceptors (Lipinski definition) is 5. The lowest BCUT2D eigenvalue weighted by atomic mass is 10.0. The van der Waals surface area contributed by atoms with Gasteiger partial charge in [0.2, 0.25) is 5.91 Å². The van der Waals surface area contributed by atoms with Crippen LogP contribution in [-0.4, -0.2) is 47.4 Å². The Morgan fingerprint density at radius 3 is 1.22 bits per heavy atom. The van der Waals surface area contributed by atoms with Gasteiger partial charge in [0, 0.05) is 12.8 Å². The highest BCUT2D eigenvalue weighted by Gasteiger charge is 2.20. The lowest BCUT2D eigenvalue weighted by Gasteiger charge is -2.22. The van der Waals surface area contributed by atoms with Crippen molar-refractivity contribution in [1.82, 2.24) is 5.32 Å². The fraction of sp³-hybridized carbons (Fsp3) is 0.885. The third-order valence-corrected chi connectivity index (χ3v) is 11.7. The first-order chi connectivity index (χ1) is 28.5. The van der Waals surface area contributed by atoms with Crippen molar-refractivity contribution in [3.8, 4) is 0 Å². The summed E-state index contributed by atoms with van der Waals surface area (Å²) in [7, 11) is 0. The van der Waals surface area contributed by atoms with Gasteiger partial charge in [0.15, 0.2) is 0 Å². The van der Waals surface area contributed by atoms with E-state index in [4.69, 9.17) is 4.74 Å². The summed E-state index contributed by atoms with van der Waals surface area (Å²) in [6, 6.07) is -0.551. The summed E-state index contributed by atoms with van der Waals surface area (Å²) in [4.78, 5) is 24.4. The number of esters is 1. The highest BCUT2D eigenvalue weighted by molar-refractivity contribution is 5.76. The second-order valence-corrected chi connectivity index (χ2v) is 17.5. The van der Waals surface area contributed by atoms with Crippen LogP contribution < -0.4 is 5.32 Å².